The normalized spacial score (nSPS) is 10.8. The SMILES string of the molecule is CCNc1ncnc(N(C)Cc2cccs2)c1C(C)C. The molecule has 0 aliphatic carbocycles. The molecule has 2 rings (SSSR count). The molecular formula is C15H22N4S. The number of aromatic nitrogens is 2. The van der Waals surface area contributed by atoms with Crippen molar-refractivity contribution in [1.29, 1.82) is 0 Å². The average molecular weight is 290 g/mol. The van der Waals surface area contributed by atoms with E-state index in [1.54, 1.807) is 17.7 Å². The molecule has 0 amide bonds. The Morgan fingerprint density at radius 2 is 2.15 bits per heavy atom. The van der Waals surface area contributed by atoms with Crippen LogP contribution < -0.4 is 10.2 Å². The van der Waals surface area contributed by atoms with Gasteiger partial charge < -0.3 is 10.2 Å². The zero-order valence-electron chi connectivity index (χ0n) is 12.6. The van der Waals surface area contributed by atoms with Crippen LogP contribution in [0.15, 0.2) is 23.8 Å². The highest BCUT2D eigenvalue weighted by Gasteiger charge is 2.17. The molecule has 0 bridgehead atoms. The molecule has 108 valence electrons. The maximum atomic E-state index is 4.50. The van der Waals surface area contributed by atoms with Crippen LogP contribution in [-0.2, 0) is 6.54 Å². The number of rotatable bonds is 6. The van der Waals surface area contributed by atoms with E-state index in [-0.39, 0.29) is 0 Å². The minimum Gasteiger partial charge on any atom is -0.370 e. The third-order valence-corrected chi connectivity index (χ3v) is 3.98. The van der Waals surface area contributed by atoms with E-state index in [0.717, 1.165) is 24.7 Å². The van der Waals surface area contributed by atoms with E-state index in [1.807, 2.05) is 0 Å². The lowest BCUT2D eigenvalue weighted by molar-refractivity contribution is 0.812. The molecule has 2 heterocycles. The molecule has 5 heteroatoms. The molecule has 0 aromatic carbocycles. The lowest BCUT2D eigenvalue weighted by atomic mass is 10.0. The molecule has 0 aliphatic rings. The van der Waals surface area contributed by atoms with Crippen LogP contribution in [0.2, 0.25) is 0 Å². The Labute approximate surface area is 124 Å². The van der Waals surface area contributed by atoms with Gasteiger partial charge in [0.15, 0.2) is 0 Å². The molecule has 0 radical (unpaired) electrons. The lowest BCUT2D eigenvalue weighted by Gasteiger charge is -2.23. The van der Waals surface area contributed by atoms with E-state index in [9.17, 15) is 0 Å². The van der Waals surface area contributed by atoms with Gasteiger partial charge in [-0.15, -0.1) is 11.3 Å². The Morgan fingerprint density at radius 1 is 1.35 bits per heavy atom. The van der Waals surface area contributed by atoms with Gasteiger partial charge in [0.2, 0.25) is 0 Å². The van der Waals surface area contributed by atoms with E-state index < -0.39 is 0 Å². The quantitative estimate of drug-likeness (QED) is 0.880. The Morgan fingerprint density at radius 3 is 2.75 bits per heavy atom. The van der Waals surface area contributed by atoms with Crippen molar-refractivity contribution in [1.82, 2.24) is 9.97 Å². The standard InChI is InChI=1S/C15H22N4S/c1-5-16-14-13(11(2)3)15(18-10-17-14)19(4)9-12-7-6-8-20-12/h6-8,10-11H,5,9H2,1-4H3,(H,16,17,18). The highest BCUT2D eigenvalue weighted by atomic mass is 32.1. The Hall–Kier alpha value is -1.62. The monoisotopic (exact) mass is 290 g/mol. The third-order valence-electron chi connectivity index (χ3n) is 3.12. The van der Waals surface area contributed by atoms with Gasteiger partial charge in [0.05, 0.1) is 6.54 Å². The minimum atomic E-state index is 0.381. The summed E-state index contributed by atoms with van der Waals surface area (Å²) < 4.78 is 0. The largest absolute Gasteiger partial charge is 0.370 e. The van der Waals surface area contributed by atoms with Gasteiger partial charge in [-0.25, -0.2) is 9.97 Å². The molecule has 0 aliphatic heterocycles. The van der Waals surface area contributed by atoms with Crippen molar-refractivity contribution < 1.29 is 0 Å². The number of hydrogen-bond donors (Lipinski definition) is 1. The molecule has 4 nitrogen and oxygen atoms in total. The van der Waals surface area contributed by atoms with Gasteiger partial charge in [0.1, 0.15) is 18.0 Å². The molecular weight excluding hydrogens is 268 g/mol. The Kier molecular flexibility index (Phi) is 4.95. The highest BCUT2D eigenvalue weighted by molar-refractivity contribution is 7.09. The molecule has 0 saturated carbocycles. The number of nitrogens with zero attached hydrogens (tertiary/aromatic N) is 3. The van der Waals surface area contributed by atoms with Crippen LogP contribution in [0.5, 0.6) is 0 Å². The average Bonchev–Trinajstić information content (AvgIpc) is 2.91. The maximum Gasteiger partial charge on any atom is 0.137 e. The van der Waals surface area contributed by atoms with E-state index in [0.29, 0.717) is 5.92 Å². The van der Waals surface area contributed by atoms with Crippen molar-refractivity contribution in [3.63, 3.8) is 0 Å². The van der Waals surface area contributed by atoms with E-state index in [1.165, 1.54) is 10.4 Å². The summed E-state index contributed by atoms with van der Waals surface area (Å²) >= 11 is 1.77. The topological polar surface area (TPSA) is 41.1 Å². The van der Waals surface area contributed by atoms with Crippen molar-refractivity contribution in [2.75, 3.05) is 23.8 Å². The van der Waals surface area contributed by atoms with Gasteiger partial charge in [0, 0.05) is 24.0 Å². The fourth-order valence-corrected chi connectivity index (χ4v) is 3.00. The Bertz CT molecular complexity index is 537. The van der Waals surface area contributed by atoms with Crippen LogP contribution in [0.4, 0.5) is 11.6 Å². The molecule has 0 spiro atoms. The second kappa shape index (κ2) is 6.70. The van der Waals surface area contributed by atoms with Gasteiger partial charge in [-0.3, -0.25) is 0 Å². The third kappa shape index (κ3) is 3.28. The molecule has 2 aromatic heterocycles. The molecule has 0 atom stereocenters. The second-order valence-electron chi connectivity index (χ2n) is 5.08. The van der Waals surface area contributed by atoms with Gasteiger partial charge >= 0.3 is 0 Å². The number of thiophene rings is 1. The first-order valence-corrected chi connectivity index (χ1v) is 7.83. The molecule has 0 fully saturated rings. The summed E-state index contributed by atoms with van der Waals surface area (Å²) in [7, 11) is 2.09. The van der Waals surface area contributed by atoms with Crippen LogP contribution in [-0.4, -0.2) is 23.6 Å². The lowest BCUT2D eigenvalue weighted by Crippen LogP contribution is -2.20. The molecule has 0 saturated heterocycles. The summed E-state index contributed by atoms with van der Waals surface area (Å²) in [6.45, 7) is 8.19. The van der Waals surface area contributed by atoms with E-state index >= 15 is 0 Å². The van der Waals surface area contributed by atoms with Crippen LogP contribution in [0.3, 0.4) is 0 Å². The maximum absolute atomic E-state index is 4.50. The van der Waals surface area contributed by atoms with Crippen molar-refractivity contribution in [2.24, 2.45) is 0 Å². The number of hydrogen-bond acceptors (Lipinski definition) is 5. The van der Waals surface area contributed by atoms with Crippen LogP contribution in [0.25, 0.3) is 0 Å². The predicted octanol–water partition coefficient (Wildman–Crippen LogP) is 3.73. The van der Waals surface area contributed by atoms with Crippen molar-refractivity contribution >= 4 is 23.0 Å². The summed E-state index contributed by atoms with van der Waals surface area (Å²) in [5.41, 5.74) is 1.19. The fraction of sp³-hybridized carbons (Fsp3) is 0.467. The zero-order valence-corrected chi connectivity index (χ0v) is 13.4. The van der Waals surface area contributed by atoms with E-state index in [2.05, 4.69) is 65.5 Å². The minimum absolute atomic E-state index is 0.381. The first kappa shape index (κ1) is 14.8. The van der Waals surface area contributed by atoms with Gasteiger partial charge in [0.25, 0.3) is 0 Å². The van der Waals surface area contributed by atoms with Crippen molar-refractivity contribution in [3.8, 4) is 0 Å². The van der Waals surface area contributed by atoms with Crippen molar-refractivity contribution in [2.45, 2.75) is 33.2 Å². The molecule has 20 heavy (non-hydrogen) atoms. The highest BCUT2D eigenvalue weighted by Crippen LogP contribution is 2.31. The van der Waals surface area contributed by atoms with Crippen LogP contribution in [0, 0.1) is 0 Å². The fourth-order valence-electron chi connectivity index (χ4n) is 2.24. The van der Waals surface area contributed by atoms with Crippen molar-refractivity contribution in [3.05, 3.63) is 34.3 Å². The summed E-state index contributed by atoms with van der Waals surface area (Å²) in [5, 5.41) is 5.44. The summed E-state index contributed by atoms with van der Waals surface area (Å²) in [5.74, 6) is 2.34. The smallest absolute Gasteiger partial charge is 0.137 e. The van der Waals surface area contributed by atoms with E-state index in [4.69, 9.17) is 0 Å². The van der Waals surface area contributed by atoms with Gasteiger partial charge in [-0.2, -0.15) is 0 Å². The van der Waals surface area contributed by atoms with Crippen LogP contribution >= 0.6 is 11.3 Å². The second-order valence-corrected chi connectivity index (χ2v) is 6.11. The van der Waals surface area contributed by atoms with Gasteiger partial charge in [-0.1, -0.05) is 19.9 Å². The molecule has 2 aromatic rings. The number of anilines is 2. The molecule has 1 N–H and O–H groups in total. The summed E-state index contributed by atoms with van der Waals surface area (Å²) in [6.07, 6.45) is 1.64. The summed E-state index contributed by atoms with van der Waals surface area (Å²) in [4.78, 5) is 12.4. The Balaban J connectivity index is 2.32. The van der Waals surface area contributed by atoms with Crippen LogP contribution in [0.1, 0.15) is 37.1 Å². The van der Waals surface area contributed by atoms with Gasteiger partial charge in [-0.05, 0) is 24.3 Å². The first-order chi connectivity index (χ1) is 9.63. The first-order valence-electron chi connectivity index (χ1n) is 6.95. The number of nitrogens with one attached hydrogen (secondary N) is 1. The zero-order chi connectivity index (χ0) is 14.5. The molecule has 0 unspecified atom stereocenters. The predicted molar refractivity (Wildman–Crippen MR) is 86.7 cm³/mol. The summed E-state index contributed by atoms with van der Waals surface area (Å²) in [6, 6.07) is 4.24.